The molecule has 20 heavy (non-hydrogen) atoms. The van der Waals surface area contributed by atoms with Gasteiger partial charge in [0, 0.05) is 24.2 Å². The van der Waals surface area contributed by atoms with Crippen molar-refractivity contribution in [2.45, 2.75) is 37.8 Å². The Morgan fingerprint density at radius 2 is 2.20 bits per heavy atom. The highest BCUT2D eigenvalue weighted by Gasteiger charge is 2.17. The lowest BCUT2D eigenvalue weighted by Gasteiger charge is -2.28. The number of hydrogen-bond acceptors (Lipinski definition) is 3. The Labute approximate surface area is 127 Å². The van der Waals surface area contributed by atoms with Crippen LogP contribution in [0.3, 0.4) is 0 Å². The molecule has 1 heterocycles. The van der Waals surface area contributed by atoms with E-state index >= 15 is 0 Å². The minimum Gasteiger partial charge on any atom is -0.377 e. The molecule has 0 amide bonds. The lowest BCUT2D eigenvalue weighted by Crippen LogP contribution is -2.34. The zero-order valence-electron chi connectivity index (χ0n) is 12.2. The Hall–Kier alpha value is -0.610. The lowest BCUT2D eigenvalue weighted by molar-refractivity contribution is -0.00175. The van der Waals surface area contributed by atoms with Crippen LogP contribution in [0.1, 0.15) is 37.3 Å². The van der Waals surface area contributed by atoms with E-state index in [1.165, 1.54) is 19.3 Å². The van der Waals surface area contributed by atoms with E-state index in [1.807, 2.05) is 24.3 Å². The van der Waals surface area contributed by atoms with Crippen molar-refractivity contribution in [3.63, 3.8) is 0 Å². The first kappa shape index (κ1) is 15.8. The molecule has 1 aliphatic rings. The number of halogens is 1. The van der Waals surface area contributed by atoms with E-state index < -0.39 is 0 Å². The lowest BCUT2D eigenvalue weighted by atomic mass is 10.0. The minimum absolute atomic E-state index is 0.00146. The molecule has 1 aromatic carbocycles. The van der Waals surface area contributed by atoms with Crippen molar-refractivity contribution >= 4 is 11.6 Å². The van der Waals surface area contributed by atoms with Gasteiger partial charge in [0.25, 0.3) is 0 Å². The monoisotopic (exact) mass is 296 g/mol. The van der Waals surface area contributed by atoms with E-state index in [0.29, 0.717) is 6.10 Å². The normalized spacial score (nSPS) is 21.1. The summed E-state index contributed by atoms with van der Waals surface area (Å²) in [6.07, 6.45) is 4.98. The minimum atomic E-state index is -0.00146. The highest BCUT2D eigenvalue weighted by molar-refractivity contribution is 6.31. The summed E-state index contributed by atoms with van der Waals surface area (Å²) in [4.78, 5) is 2.31. The Morgan fingerprint density at radius 1 is 1.40 bits per heavy atom. The fourth-order valence-electron chi connectivity index (χ4n) is 2.68. The molecule has 2 N–H and O–H groups in total. The van der Waals surface area contributed by atoms with Gasteiger partial charge in [0.2, 0.25) is 0 Å². The van der Waals surface area contributed by atoms with Crippen LogP contribution in [0.15, 0.2) is 24.3 Å². The third-order valence-corrected chi connectivity index (χ3v) is 4.26. The first-order valence-electron chi connectivity index (χ1n) is 7.47. The van der Waals surface area contributed by atoms with Gasteiger partial charge >= 0.3 is 0 Å². The molecule has 1 fully saturated rings. The Balaban J connectivity index is 1.75. The van der Waals surface area contributed by atoms with E-state index in [2.05, 4.69) is 11.9 Å². The van der Waals surface area contributed by atoms with Crippen molar-refractivity contribution in [3.05, 3.63) is 34.9 Å². The molecule has 1 aromatic rings. The molecule has 0 aliphatic carbocycles. The van der Waals surface area contributed by atoms with Gasteiger partial charge in [-0.25, -0.2) is 0 Å². The van der Waals surface area contributed by atoms with Crippen molar-refractivity contribution in [2.75, 3.05) is 26.7 Å². The summed E-state index contributed by atoms with van der Waals surface area (Å²) in [5.41, 5.74) is 7.27. The van der Waals surface area contributed by atoms with Crippen molar-refractivity contribution in [3.8, 4) is 0 Å². The van der Waals surface area contributed by atoms with Crippen LogP contribution < -0.4 is 5.73 Å². The first-order valence-corrected chi connectivity index (χ1v) is 7.85. The molecule has 1 aliphatic heterocycles. The highest BCUT2D eigenvalue weighted by atomic mass is 35.5. The Bertz CT molecular complexity index is 407. The van der Waals surface area contributed by atoms with E-state index in [-0.39, 0.29) is 6.04 Å². The maximum Gasteiger partial charge on any atom is 0.0701 e. The molecular weight excluding hydrogens is 272 g/mol. The average Bonchev–Trinajstić information content (AvgIpc) is 2.46. The zero-order chi connectivity index (χ0) is 14.4. The number of nitrogens with two attached hydrogens (primary N) is 1. The standard InChI is InChI=1S/C16H25ClN2O/c1-19(12-13-6-4-5-11-20-13)10-9-16(18)14-7-2-3-8-15(14)17/h2-3,7-8,13,16H,4-6,9-12,18H2,1H3. The molecule has 2 rings (SSSR count). The predicted octanol–water partition coefficient (Wildman–Crippen LogP) is 3.23. The maximum atomic E-state index is 6.23. The zero-order valence-corrected chi connectivity index (χ0v) is 13.0. The first-order chi connectivity index (χ1) is 9.66. The number of ether oxygens (including phenoxy) is 1. The number of nitrogens with zero attached hydrogens (tertiary/aromatic N) is 1. The number of benzene rings is 1. The molecule has 112 valence electrons. The van der Waals surface area contributed by atoms with Crippen molar-refractivity contribution in [2.24, 2.45) is 5.73 Å². The molecular formula is C16H25ClN2O. The Morgan fingerprint density at radius 3 is 2.90 bits per heavy atom. The second-order valence-corrected chi connectivity index (χ2v) is 6.07. The molecule has 2 atom stereocenters. The number of rotatable bonds is 6. The van der Waals surface area contributed by atoms with Crippen LogP contribution in [0.2, 0.25) is 5.02 Å². The van der Waals surface area contributed by atoms with Crippen molar-refractivity contribution in [1.82, 2.24) is 4.90 Å². The van der Waals surface area contributed by atoms with Gasteiger partial charge in [-0.2, -0.15) is 0 Å². The highest BCUT2D eigenvalue weighted by Crippen LogP contribution is 2.23. The summed E-state index contributed by atoms with van der Waals surface area (Å²) in [7, 11) is 2.14. The van der Waals surface area contributed by atoms with Gasteiger partial charge in [-0.15, -0.1) is 0 Å². The molecule has 4 heteroatoms. The van der Waals surface area contributed by atoms with Gasteiger partial charge < -0.3 is 15.4 Å². The van der Waals surface area contributed by atoms with E-state index in [0.717, 1.165) is 36.7 Å². The molecule has 0 bridgehead atoms. The van der Waals surface area contributed by atoms with Crippen LogP contribution in [0.5, 0.6) is 0 Å². The van der Waals surface area contributed by atoms with Gasteiger partial charge in [0.1, 0.15) is 0 Å². The van der Waals surface area contributed by atoms with Gasteiger partial charge in [0.15, 0.2) is 0 Å². The number of likely N-dealkylation sites (N-methyl/N-ethyl adjacent to an activating group) is 1. The van der Waals surface area contributed by atoms with Gasteiger partial charge in [-0.1, -0.05) is 29.8 Å². The third kappa shape index (κ3) is 4.74. The van der Waals surface area contributed by atoms with Crippen LogP contribution in [-0.4, -0.2) is 37.7 Å². The summed E-state index contributed by atoms with van der Waals surface area (Å²) in [5, 5.41) is 0.762. The Kier molecular flexibility index (Phi) is 6.30. The molecule has 0 aromatic heterocycles. The fourth-order valence-corrected chi connectivity index (χ4v) is 2.96. The maximum absolute atomic E-state index is 6.23. The predicted molar refractivity (Wildman–Crippen MR) is 84.1 cm³/mol. The third-order valence-electron chi connectivity index (χ3n) is 3.92. The molecule has 0 saturated carbocycles. The van der Waals surface area contributed by atoms with Gasteiger partial charge in [-0.3, -0.25) is 0 Å². The quantitative estimate of drug-likeness (QED) is 0.876. The molecule has 2 unspecified atom stereocenters. The van der Waals surface area contributed by atoms with Crippen LogP contribution in [-0.2, 0) is 4.74 Å². The molecule has 3 nitrogen and oxygen atoms in total. The summed E-state index contributed by atoms with van der Waals surface area (Å²) in [6.45, 7) is 2.87. The smallest absolute Gasteiger partial charge is 0.0701 e. The fraction of sp³-hybridized carbons (Fsp3) is 0.625. The van der Waals surface area contributed by atoms with Crippen LogP contribution in [0.4, 0.5) is 0 Å². The van der Waals surface area contributed by atoms with Crippen LogP contribution in [0.25, 0.3) is 0 Å². The van der Waals surface area contributed by atoms with Gasteiger partial charge in [-0.05, 0) is 50.9 Å². The van der Waals surface area contributed by atoms with E-state index in [1.54, 1.807) is 0 Å². The average molecular weight is 297 g/mol. The van der Waals surface area contributed by atoms with Crippen LogP contribution in [0, 0.1) is 0 Å². The van der Waals surface area contributed by atoms with E-state index in [9.17, 15) is 0 Å². The summed E-state index contributed by atoms with van der Waals surface area (Å²) < 4.78 is 5.77. The second kappa shape index (κ2) is 7.99. The van der Waals surface area contributed by atoms with Crippen LogP contribution >= 0.6 is 11.6 Å². The largest absolute Gasteiger partial charge is 0.377 e. The summed E-state index contributed by atoms with van der Waals surface area (Å²) in [6, 6.07) is 7.83. The topological polar surface area (TPSA) is 38.5 Å². The van der Waals surface area contributed by atoms with Crippen molar-refractivity contribution in [1.29, 1.82) is 0 Å². The summed E-state index contributed by atoms with van der Waals surface area (Å²) >= 11 is 6.18. The van der Waals surface area contributed by atoms with E-state index in [4.69, 9.17) is 22.1 Å². The SMILES string of the molecule is CN(CCC(N)c1ccccc1Cl)CC1CCCCO1. The van der Waals surface area contributed by atoms with Crippen molar-refractivity contribution < 1.29 is 4.74 Å². The number of hydrogen-bond donors (Lipinski definition) is 1. The van der Waals surface area contributed by atoms with Gasteiger partial charge in [0.05, 0.1) is 6.10 Å². The molecule has 0 radical (unpaired) electrons. The summed E-state index contributed by atoms with van der Waals surface area (Å²) in [5.74, 6) is 0. The molecule has 1 saturated heterocycles. The molecule has 0 spiro atoms. The second-order valence-electron chi connectivity index (χ2n) is 5.67.